The summed E-state index contributed by atoms with van der Waals surface area (Å²) in [5.41, 5.74) is 12.5. The van der Waals surface area contributed by atoms with Crippen LogP contribution in [0.3, 0.4) is 0 Å². The largest absolute Gasteiger partial charge is 2.00 e. The maximum atomic E-state index is 9.43. The molecule has 73 valence electrons. The zero-order valence-electron chi connectivity index (χ0n) is 6.17. The van der Waals surface area contributed by atoms with Crippen LogP contribution in [0.25, 0.3) is 11.5 Å². The van der Waals surface area contributed by atoms with Gasteiger partial charge in [-0.3, -0.25) is 9.59 Å². The van der Waals surface area contributed by atoms with E-state index in [4.69, 9.17) is 21.7 Å². The number of nitrogens with one attached hydrogen (secondary N) is 2. The molecule has 0 fully saturated rings. The van der Waals surface area contributed by atoms with Crippen LogP contribution in [0.4, 0.5) is 0 Å². The molecule has 0 saturated heterocycles. The van der Waals surface area contributed by atoms with Crippen molar-refractivity contribution in [3.8, 4) is 0 Å². The van der Waals surface area contributed by atoms with Crippen LogP contribution in [-0.4, -0.2) is 35.2 Å². The van der Waals surface area contributed by atoms with Gasteiger partial charge in [-0.25, -0.2) is 0 Å². The summed E-state index contributed by atoms with van der Waals surface area (Å²) in [7, 11) is 0. The molecule has 4 N–H and O–H groups in total. The molecular weight excluding hydrogens is 211 g/mol. The third kappa shape index (κ3) is 34.4. The van der Waals surface area contributed by atoms with Crippen molar-refractivity contribution in [3.05, 3.63) is 11.5 Å². The molecule has 7 heteroatoms. The fourth-order valence-corrected chi connectivity index (χ4v) is 0.129. The molecule has 0 aliphatic heterocycles. The van der Waals surface area contributed by atoms with Gasteiger partial charge >= 0.3 is 28.7 Å². The van der Waals surface area contributed by atoms with E-state index in [2.05, 4.69) is 0 Å². The Morgan fingerprint density at radius 2 is 1.25 bits per heavy atom. The van der Waals surface area contributed by atoms with E-state index < -0.39 is 18.4 Å². The number of hydrogen-bond donors (Lipinski definition) is 2. The summed E-state index contributed by atoms with van der Waals surface area (Å²) in [5, 5.41) is 15.4. The zero-order valence-corrected chi connectivity index (χ0v) is 7.21. The molecular formula is C5H10CoN2O4. The van der Waals surface area contributed by atoms with Crippen molar-refractivity contribution >= 4 is 11.9 Å². The summed E-state index contributed by atoms with van der Waals surface area (Å²) in [6, 6.07) is 0. The molecule has 1 radical (unpaired) electrons. The Kier molecular flexibility index (Phi) is 18.9. The summed E-state index contributed by atoms with van der Waals surface area (Å²) in [6.45, 7) is 0.472. The van der Waals surface area contributed by atoms with Gasteiger partial charge in [0.1, 0.15) is 6.42 Å². The summed E-state index contributed by atoms with van der Waals surface area (Å²) in [5.74, 6) is -2.62. The average molecular weight is 221 g/mol. The molecule has 0 aliphatic carbocycles. The average Bonchev–Trinajstić information content (AvgIpc) is 1.85. The van der Waals surface area contributed by atoms with Crippen molar-refractivity contribution in [2.24, 2.45) is 0 Å². The normalized spacial score (nSPS) is 7.17. The first-order valence-electron chi connectivity index (χ1n) is 2.77. The van der Waals surface area contributed by atoms with E-state index in [0.29, 0.717) is 0 Å². The monoisotopic (exact) mass is 221 g/mol. The molecule has 0 aromatic carbocycles. The van der Waals surface area contributed by atoms with Crippen molar-refractivity contribution < 1.29 is 36.6 Å². The third-order valence-corrected chi connectivity index (χ3v) is 0.427. The van der Waals surface area contributed by atoms with Crippen LogP contribution in [0.1, 0.15) is 6.42 Å². The van der Waals surface area contributed by atoms with Gasteiger partial charge < -0.3 is 21.7 Å². The van der Waals surface area contributed by atoms with E-state index in [1.54, 1.807) is 0 Å². The van der Waals surface area contributed by atoms with Gasteiger partial charge in [0, 0.05) is 0 Å². The van der Waals surface area contributed by atoms with Crippen molar-refractivity contribution in [1.29, 1.82) is 0 Å². The van der Waals surface area contributed by atoms with Crippen molar-refractivity contribution in [3.63, 3.8) is 0 Å². The van der Waals surface area contributed by atoms with E-state index in [9.17, 15) is 9.59 Å². The second-order valence-corrected chi connectivity index (χ2v) is 1.46. The molecule has 0 atom stereocenters. The molecule has 0 aliphatic rings. The zero-order chi connectivity index (χ0) is 9.28. The number of carboxylic acid groups (broad SMARTS) is 2. The Labute approximate surface area is 80.1 Å². The maximum absolute atomic E-state index is 9.43. The predicted molar refractivity (Wildman–Crippen MR) is 38.3 cm³/mol. The van der Waals surface area contributed by atoms with Gasteiger partial charge in [0.15, 0.2) is 0 Å². The van der Waals surface area contributed by atoms with Gasteiger partial charge in [-0.2, -0.15) is 13.1 Å². The first-order valence-corrected chi connectivity index (χ1v) is 2.77. The van der Waals surface area contributed by atoms with E-state index in [1.807, 2.05) is 0 Å². The minimum absolute atomic E-state index is 0. The number of rotatable bonds is 3. The van der Waals surface area contributed by atoms with E-state index in [0.717, 1.165) is 0 Å². The SMILES string of the molecule is O=C(O)CC(=O)O.[Co+2].[NH-]CC[NH-]. The molecule has 0 unspecified atom stereocenters. The first-order chi connectivity index (χ1) is 5.04. The third-order valence-electron chi connectivity index (χ3n) is 0.427. The summed E-state index contributed by atoms with van der Waals surface area (Å²) in [6.07, 6.45) is -0.806. The maximum Gasteiger partial charge on any atom is 2.00 e. The molecule has 6 nitrogen and oxygen atoms in total. The van der Waals surface area contributed by atoms with E-state index in [1.165, 1.54) is 0 Å². The minimum Gasteiger partial charge on any atom is -0.679 e. The smallest absolute Gasteiger partial charge is 0.679 e. The Bertz CT molecular complexity index is 117. The fourth-order valence-electron chi connectivity index (χ4n) is 0.129. The molecule has 0 bridgehead atoms. The second-order valence-electron chi connectivity index (χ2n) is 1.46. The Balaban J connectivity index is -0.000000142. The Hall–Kier alpha value is -0.634. The number of aliphatic carboxylic acids is 2. The van der Waals surface area contributed by atoms with Gasteiger partial charge in [0.2, 0.25) is 0 Å². The van der Waals surface area contributed by atoms with Crippen molar-refractivity contribution in [2.45, 2.75) is 6.42 Å². The molecule has 0 aromatic heterocycles. The summed E-state index contributed by atoms with van der Waals surface area (Å²) < 4.78 is 0. The molecule has 0 heterocycles. The second kappa shape index (κ2) is 13.0. The molecule has 0 saturated carbocycles. The van der Waals surface area contributed by atoms with E-state index in [-0.39, 0.29) is 29.9 Å². The number of carboxylic acids is 2. The van der Waals surface area contributed by atoms with Gasteiger partial charge in [-0.15, -0.1) is 0 Å². The fraction of sp³-hybridized carbons (Fsp3) is 0.600. The minimum atomic E-state index is -1.31. The van der Waals surface area contributed by atoms with Gasteiger partial charge in [-0.1, -0.05) is 0 Å². The Morgan fingerprint density at radius 1 is 1.00 bits per heavy atom. The van der Waals surface area contributed by atoms with Crippen LogP contribution in [0.15, 0.2) is 0 Å². The topological polar surface area (TPSA) is 122 Å². The van der Waals surface area contributed by atoms with Gasteiger partial charge in [0.05, 0.1) is 0 Å². The van der Waals surface area contributed by atoms with Gasteiger partial charge in [0.25, 0.3) is 0 Å². The first kappa shape index (κ1) is 17.5. The quantitative estimate of drug-likeness (QED) is 0.678. The van der Waals surface area contributed by atoms with Crippen molar-refractivity contribution in [2.75, 3.05) is 13.1 Å². The molecule has 0 amide bonds. The molecule has 0 spiro atoms. The van der Waals surface area contributed by atoms with E-state index >= 15 is 0 Å². The van der Waals surface area contributed by atoms with Crippen LogP contribution in [0, 0.1) is 0 Å². The van der Waals surface area contributed by atoms with Crippen LogP contribution in [0.2, 0.25) is 0 Å². The Morgan fingerprint density at radius 3 is 1.25 bits per heavy atom. The molecule has 12 heavy (non-hydrogen) atoms. The molecule has 0 rings (SSSR count). The van der Waals surface area contributed by atoms with Crippen molar-refractivity contribution in [1.82, 2.24) is 0 Å². The predicted octanol–water partition coefficient (Wildman–Crippen LogP) is 0.634. The number of hydrogen-bond acceptors (Lipinski definition) is 2. The summed E-state index contributed by atoms with van der Waals surface area (Å²) in [4.78, 5) is 18.9. The summed E-state index contributed by atoms with van der Waals surface area (Å²) >= 11 is 0. The van der Waals surface area contributed by atoms with Crippen LogP contribution in [0.5, 0.6) is 0 Å². The van der Waals surface area contributed by atoms with Crippen LogP contribution in [-0.2, 0) is 26.4 Å². The molecule has 0 aromatic rings. The van der Waals surface area contributed by atoms with Gasteiger partial charge in [-0.05, 0) is 0 Å². The standard InChI is InChI=1S/C3H4O4.C2H6N2.Co/c4-2(5)1-3(6)7;3-1-2-4;/h1H2,(H,4,5)(H,6,7);3-4H,1-2H2;/q;-2;+2. The van der Waals surface area contributed by atoms with Crippen LogP contribution < -0.4 is 0 Å². The number of carbonyl (C=O) groups is 2. The van der Waals surface area contributed by atoms with Crippen LogP contribution >= 0.6 is 0 Å².